The zero-order chi connectivity index (χ0) is 29.4. The summed E-state index contributed by atoms with van der Waals surface area (Å²) in [6.07, 6.45) is 2.96. The van der Waals surface area contributed by atoms with Crippen LogP contribution in [-0.2, 0) is 32.0 Å². The molecule has 40 heavy (non-hydrogen) atoms. The summed E-state index contributed by atoms with van der Waals surface area (Å²) in [5, 5.41) is 34.6. The quantitative estimate of drug-likeness (QED) is 0.398. The molecule has 0 unspecified atom stereocenters. The van der Waals surface area contributed by atoms with Crippen LogP contribution in [0.5, 0.6) is 0 Å². The molecular formula is C28H31ClN2O9. The zero-order valence-electron chi connectivity index (χ0n) is 21.9. The molecular weight excluding hydrogens is 544 g/mol. The Bertz CT molecular complexity index is 1300. The molecule has 1 aliphatic heterocycles. The van der Waals surface area contributed by atoms with Crippen molar-refractivity contribution in [2.45, 2.75) is 51.0 Å². The van der Waals surface area contributed by atoms with E-state index in [1.165, 1.54) is 27.8 Å². The van der Waals surface area contributed by atoms with E-state index >= 15 is 0 Å². The lowest BCUT2D eigenvalue weighted by Gasteiger charge is -2.29. The monoisotopic (exact) mass is 574 g/mol. The molecule has 4 rings (SSSR count). The van der Waals surface area contributed by atoms with Gasteiger partial charge in [0.15, 0.2) is 5.60 Å². The fourth-order valence-electron chi connectivity index (χ4n) is 4.77. The highest BCUT2D eigenvalue weighted by molar-refractivity contribution is 6.30. The molecule has 1 fully saturated rings. The highest BCUT2D eigenvalue weighted by atomic mass is 35.5. The van der Waals surface area contributed by atoms with Gasteiger partial charge < -0.3 is 30.1 Å². The summed E-state index contributed by atoms with van der Waals surface area (Å²) in [7, 11) is 0. The van der Waals surface area contributed by atoms with Crippen LogP contribution in [-0.4, -0.2) is 79.6 Å². The number of ether oxygens (including phenoxy) is 1. The summed E-state index contributed by atoms with van der Waals surface area (Å²) in [5.74, 6) is -5.02. The van der Waals surface area contributed by atoms with Gasteiger partial charge in [-0.2, -0.15) is 0 Å². The summed E-state index contributed by atoms with van der Waals surface area (Å²) in [4.78, 5) is 49.1. The Hall–Kier alpha value is -3.96. The Morgan fingerprint density at radius 3 is 2.17 bits per heavy atom. The normalized spacial score (nSPS) is 14.6. The number of rotatable bonds is 6. The van der Waals surface area contributed by atoms with Crippen LogP contribution in [0, 0.1) is 0 Å². The van der Waals surface area contributed by atoms with E-state index in [4.69, 9.17) is 41.7 Å². The molecule has 12 heteroatoms. The summed E-state index contributed by atoms with van der Waals surface area (Å²) >= 11 is 6.27. The Kier molecular flexibility index (Phi) is 10.2. The lowest BCUT2D eigenvalue weighted by Crippen LogP contribution is -2.42. The predicted octanol–water partition coefficient (Wildman–Crippen LogP) is 3.64. The fourth-order valence-corrected chi connectivity index (χ4v) is 4.97. The molecule has 0 spiro atoms. The van der Waals surface area contributed by atoms with Crippen LogP contribution in [0.2, 0.25) is 5.02 Å². The number of hydrogen-bond donors (Lipinski definition) is 4. The van der Waals surface area contributed by atoms with Crippen LogP contribution in [0.4, 0.5) is 4.79 Å². The van der Waals surface area contributed by atoms with Crippen LogP contribution in [0.3, 0.4) is 0 Å². The molecule has 1 aromatic carbocycles. The van der Waals surface area contributed by atoms with Crippen LogP contribution in [0.25, 0.3) is 5.57 Å². The van der Waals surface area contributed by atoms with Crippen LogP contribution in [0.15, 0.2) is 42.1 Å². The summed E-state index contributed by atoms with van der Waals surface area (Å²) in [6.45, 7) is 3.62. The van der Waals surface area contributed by atoms with E-state index < -0.39 is 36.4 Å². The van der Waals surface area contributed by atoms with Crippen molar-refractivity contribution < 1.29 is 44.3 Å². The van der Waals surface area contributed by atoms with Gasteiger partial charge in [0.2, 0.25) is 0 Å². The van der Waals surface area contributed by atoms with Gasteiger partial charge in [-0.15, -0.1) is 0 Å². The molecule has 1 amide bonds. The zero-order valence-corrected chi connectivity index (χ0v) is 22.7. The highest BCUT2D eigenvalue weighted by Crippen LogP contribution is 2.38. The standard InChI is InChI=1S/C22H23ClN2O2.C6H8O7/c1-2-27-22(26)25-12-9-15(10-13-25)20-19-8-7-18(23)14-17(19)6-5-16-4-3-11-24-21(16)20;7-3(8)1-6(13,5(11)12)2-4(9)10/h3-4,7-8,11,14H,2,5-6,9-10,12-13H2,1H3;13H,1-2H2,(H,7,8)(H,9,10)(H,11,12). The number of piperidine rings is 1. The van der Waals surface area contributed by atoms with Gasteiger partial charge in [-0.1, -0.05) is 29.3 Å². The number of fused-ring (bicyclic) bond motifs is 2. The molecule has 1 saturated heterocycles. The molecule has 2 aliphatic rings. The van der Waals surface area contributed by atoms with Crippen molar-refractivity contribution in [3.05, 3.63) is 69.5 Å². The van der Waals surface area contributed by atoms with E-state index in [-0.39, 0.29) is 6.09 Å². The third-order valence-electron chi connectivity index (χ3n) is 6.66. The first-order chi connectivity index (χ1) is 18.9. The summed E-state index contributed by atoms with van der Waals surface area (Å²) in [6, 6.07) is 10.3. The molecule has 4 N–H and O–H groups in total. The lowest BCUT2D eigenvalue weighted by atomic mass is 9.88. The maximum absolute atomic E-state index is 12.0. The fraction of sp³-hybridized carbons (Fsp3) is 0.393. The van der Waals surface area contributed by atoms with Crippen molar-refractivity contribution in [3.8, 4) is 0 Å². The van der Waals surface area contributed by atoms with Gasteiger partial charge in [0.25, 0.3) is 0 Å². The molecule has 214 valence electrons. The number of benzene rings is 1. The van der Waals surface area contributed by atoms with Gasteiger partial charge in [-0.3, -0.25) is 14.6 Å². The minimum atomic E-state index is -2.74. The van der Waals surface area contributed by atoms with Gasteiger partial charge in [0.1, 0.15) is 0 Å². The van der Waals surface area contributed by atoms with E-state index in [9.17, 15) is 19.2 Å². The SMILES string of the molecule is CCOC(=O)N1CCC(=C2c3ccc(Cl)cc3CCc3cccnc32)CC1.O=C(O)CC(O)(CC(=O)O)C(=O)O. The molecule has 2 aromatic rings. The number of carboxylic acid groups (broad SMARTS) is 3. The number of nitrogens with zero attached hydrogens (tertiary/aromatic N) is 2. The average Bonchev–Trinajstić information content (AvgIpc) is 3.05. The van der Waals surface area contributed by atoms with Crippen LogP contribution in [0.1, 0.15) is 55.0 Å². The van der Waals surface area contributed by atoms with Gasteiger partial charge in [0, 0.05) is 29.9 Å². The van der Waals surface area contributed by atoms with E-state index in [1.807, 2.05) is 25.3 Å². The molecule has 0 radical (unpaired) electrons. The number of carbonyl (C=O) groups is 4. The first-order valence-corrected chi connectivity index (χ1v) is 13.1. The maximum Gasteiger partial charge on any atom is 0.409 e. The Morgan fingerprint density at radius 1 is 0.975 bits per heavy atom. The second kappa shape index (κ2) is 13.4. The number of hydrogen-bond acceptors (Lipinski definition) is 7. The Labute approximate surface area is 235 Å². The second-order valence-corrected chi connectivity index (χ2v) is 9.89. The molecule has 0 bridgehead atoms. The number of carboxylic acids is 3. The summed E-state index contributed by atoms with van der Waals surface area (Å²) in [5.41, 5.74) is 4.72. The lowest BCUT2D eigenvalue weighted by molar-refractivity contribution is -0.170. The first-order valence-electron chi connectivity index (χ1n) is 12.7. The predicted molar refractivity (Wildman–Crippen MR) is 144 cm³/mol. The number of pyridine rings is 1. The molecule has 11 nitrogen and oxygen atoms in total. The Morgan fingerprint density at radius 2 is 1.60 bits per heavy atom. The smallest absolute Gasteiger partial charge is 0.409 e. The van der Waals surface area contributed by atoms with Gasteiger partial charge in [-0.25, -0.2) is 9.59 Å². The van der Waals surface area contributed by atoms with Crippen molar-refractivity contribution in [3.63, 3.8) is 0 Å². The first kappa shape index (κ1) is 30.6. The van der Waals surface area contributed by atoms with E-state index in [0.717, 1.165) is 36.4 Å². The van der Waals surface area contributed by atoms with Gasteiger partial charge in [-0.05, 0) is 67.5 Å². The number of aryl methyl sites for hydroxylation is 2. The third-order valence-corrected chi connectivity index (χ3v) is 6.90. The van der Waals surface area contributed by atoms with Crippen molar-refractivity contribution >= 4 is 41.2 Å². The minimum absolute atomic E-state index is 0.215. The number of amides is 1. The molecule has 1 aromatic heterocycles. The van der Waals surface area contributed by atoms with Gasteiger partial charge in [0.05, 0.1) is 25.1 Å². The van der Waals surface area contributed by atoms with Crippen molar-refractivity contribution in [2.24, 2.45) is 0 Å². The minimum Gasteiger partial charge on any atom is -0.481 e. The molecule has 0 atom stereocenters. The summed E-state index contributed by atoms with van der Waals surface area (Å²) < 4.78 is 5.15. The van der Waals surface area contributed by atoms with Crippen molar-refractivity contribution in [2.75, 3.05) is 19.7 Å². The number of halogens is 1. The van der Waals surface area contributed by atoms with E-state index in [1.54, 1.807) is 4.90 Å². The number of aliphatic hydroxyl groups is 1. The number of carbonyl (C=O) groups excluding carboxylic acids is 1. The highest BCUT2D eigenvalue weighted by Gasteiger charge is 2.40. The number of aromatic nitrogens is 1. The molecule has 2 heterocycles. The van der Waals surface area contributed by atoms with Crippen LogP contribution < -0.4 is 0 Å². The van der Waals surface area contributed by atoms with Crippen molar-refractivity contribution in [1.29, 1.82) is 0 Å². The number of likely N-dealkylation sites (tertiary alicyclic amines) is 1. The average molecular weight is 575 g/mol. The van der Waals surface area contributed by atoms with E-state index in [0.29, 0.717) is 19.7 Å². The largest absolute Gasteiger partial charge is 0.481 e. The van der Waals surface area contributed by atoms with E-state index in [2.05, 4.69) is 18.2 Å². The molecule has 1 aliphatic carbocycles. The van der Waals surface area contributed by atoms with Crippen LogP contribution >= 0.6 is 11.6 Å². The van der Waals surface area contributed by atoms with Crippen molar-refractivity contribution in [1.82, 2.24) is 9.88 Å². The second-order valence-electron chi connectivity index (χ2n) is 9.45. The Balaban J connectivity index is 0.000000289. The number of aliphatic carboxylic acids is 3. The van der Waals surface area contributed by atoms with Gasteiger partial charge >= 0.3 is 24.0 Å². The molecule has 0 saturated carbocycles. The topological polar surface area (TPSA) is 175 Å². The third kappa shape index (κ3) is 7.57. The maximum atomic E-state index is 12.0.